The van der Waals surface area contributed by atoms with Crippen LogP contribution in [0.25, 0.3) is 0 Å². The summed E-state index contributed by atoms with van der Waals surface area (Å²) in [6.45, 7) is 0.596. The summed E-state index contributed by atoms with van der Waals surface area (Å²) in [5, 5.41) is 12.1. The monoisotopic (exact) mass is 351 g/mol. The van der Waals surface area contributed by atoms with E-state index in [2.05, 4.69) is 21.2 Å². The first-order valence-electron chi connectivity index (χ1n) is 6.20. The van der Waals surface area contributed by atoms with E-state index < -0.39 is 0 Å². The van der Waals surface area contributed by atoms with Gasteiger partial charge in [0.2, 0.25) is 19.2 Å². The van der Waals surface area contributed by atoms with Gasteiger partial charge in [0.25, 0.3) is 5.91 Å². The van der Waals surface area contributed by atoms with Gasteiger partial charge in [-0.15, -0.1) is 0 Å². The zero-order chi connectivity index (χ0) is 14.8. The normalized spacial score (nSPS) is 12.2. The van der Waals surface area contributed by atoms with Crippen molar-refractivity contribution in [2.24, 2.45) is 0 Å². The first-order chi connectivity index (χ1) is 10.1. The van der Waals surface area contributed by atoms with E-state index in [1.54, 1.807) is 0 Å². The number of carbonyl (C=O) groups excluding carboxylic acids is 1. The lowest BCUT2D eigenvalue weighted by Gasteiger charge is -2.06. The van der Waals surface area contributed by atoms with Gasteiger partial charge in [0, 0.05) is 17.3 Å². The molecule has 6 nitrogen and oxygen atoms in total. The largest absolute Gasteiger partial charge is 0.454 e. The van der Waals surface area contributed by atoms with Crippen molar-refractivity contribution in [3.8, 4) is 11.5 Å². The number of hydrogen-bond acceptors (Lipinski definition) is 4. The number of pyridine rings is 1. The molecule has 7 heteroatoms. The SMILES string of the molecule is O=C(NCc1ccc2c(c1)OCO2)c1cc[n+](O)cc1Br. The smallest absolute Gasteiger partial charge is 0.253 e. The van der Waals surface area contributed by atoms with Crippen LogP contribution < -0.4 is 19.5 Å². The Morgan fingerprint density at radius 3 is 2.95 bits per heavy atom. The van der Waals surface area contributed by atoms with Crippen LogP contribution in [0, 0.1) is 0 Å². The molecule has 0 atom stereocenters. The van der Waals surface area contributed by atoms with Gasteiger partial charge in [-0.2, -0.15) is 0 Å². The summed E-state index contributed by atoms with van der Waals surface area (Å²) >= 11 is 3.24. The number of rotatable bonds is 3. The molecule has 2 N–H and O–H groups in total. The summed E-state index contributed by atoms with van der Waals surface area (Å²) < 4.78 is 11.9. The third kappa shape index (κ3) is 2.92. The number of hydrogen-bond donors (Lipinski definition) is 2. The number of nitrogens with zero attached hydrogens (tertiary/aromatic N) is 1. The Morgan fingerprint density at radius 1 is 1.33 bits per heavy atom. The Bertz CT molecular complexity index is 705. The Morgan fingerprint density at radius 2 is 2.14 bits per heavy atom. The molecule has 3 rings (SSSR count). The fraction of sp³-hybridized carbons (Fsp3) is 0.143. The van der Waals surface area contributed by atoms with Crippen molar-refractivity contribution in [3.63, 3.8) is 0 Å². The molecule has 0 bridgehead atoms. The van der Waals surface area contributed by atoms with E-state index in [1.165, 1.54) is 18.5 Å². The number of ether oxygens (including phenoxy) is 2. The number of benzene rings is 1. The summed E-state index contributed by atoms with van der Waals surface area (Å²) in [4.78, 5) is 12.1. The highest BCUT2D eigenvalue weighted by Gasteiger charge is 2.16. The molecule has 0 saturated carbocycles. The molecule has 0 aliphatic carbocycles. The van der Waals surface area contributed by atoms with Crippen molar-refractivity contribution < 1.29 is 24.2 Å². The van der Waals surface area contributed by atoms with Crippen LogP contribution >= 0.6 is 15.9 Å². The average molecular weight is 352 g/mol. The maximum Gasteiger partial charge on any atom is 0.253 e. The molecule has 2 heterocycles. The maximum atomic E-state index is 12.1. The lowest BCUT2D eigenvalue weighted by atomic mass is 10.2. The average Bonchev–Trinajstić information content (AvgIpc) is 2.92. The second-order valence-electron chi connectivity index (χ2n) is 4.46. The van der Waals surface area contributed by atoms with Crippen molar-refractivity contribution in [2.45, 2.75) is 6.54 Å². The summed E-state index contributed by atoms with van der Waals surface area (Å²) in [5.74, 6) is 1.16. The van der Waals surface area contributed by atoms with Gasteiger partial charge >= 0.3 is 0 Å². The van der Waals surface area contributed by atoms with Crippen LogP contribution in [0.4, 0.5) is 0 Å². The first-order valence-corrected chi connectivity index (χ1v) is 6.99. The minimum absolute atomic E-state index is 0.225. The minimum Gasteiger partial charge on any atom is -0.454 e. The van der Waals surface area contributed by atoms with E-state index in [1.807, 2.05) is 18.2 Å². The van der Waals surface area contributed by atoms with Gasteiger partial charge in [-0.25, -0.2) is 0 Å². The van der Waals surface area contributed by atoms with E-state index in [0.29, 0.717) is 28.1 Å². The molecule has 21 heavy (non-hydrogen) atoms. The highest BCUT2D eigenvalue weighted by molar-refractivity contribution is 9.10. The summed E-state index contributed by atoms with van der Waals surface area (Å²) in [6.07, 6.45) is 2.79. The van der Waals surface area contributed by atoms with Gasteiger partial charge in [-0.1, -0.05) is 6.07 Å². The third-order valence-electron chi connectivity index (χ3n) is 3.03. The molecule has 0 unspecified atom stereocenters. The van der Waals surface area contributed by atoms with Crippen molar-refractivity contribution in [3.05, 3.63) is 52.3 Å². The minimum atomic E-state index is -0.236. The van der Waals surface area contributed by atoms with Gasteiger partial charge in [0.05, 0.1) is 10.0 Å². The summed E-state index contributed by atoms with van der Waals surface area (Å²) in [6, 6.07) is 7.05. The fourth-order valence-corrected chi connectivity index (χ4v) is 2.49. The molecule has 0 radical (unpaired) electrons. The van der Waals surface area contributed by atoms with Crippen LogP contribution in [-0.4, -0.2) is 17.9 Å². The van der Waals surface area contributed by atoms with Gasteiger partial charge in [-0.3, -0.25) is 10.0 Å². The zero-order valence-electron chi connectivity index (χ0n) is 10.9. The van der Waals surface area contributed by atoms with Crippen LogP contribution in [0.3, 0.4) is 0 Å². The van der Waals surface area contributed by atoms with Gasteiger partial charge in [0.15, 0.2) is 11.5 Å². The highest BCUT2D eigenvalue weighted by Crippen LogP contribution is 2.32. The number of carbonyl (C=O) groups is 1. The van der Waals surface area contributed by atoms with Crippen molar-refractivity contribution in [1.82, 2.24) is 5.32 Å². The second-order valence-corrected chi connectivity index (χ2v) is 5.31. The lowest BCUT2D eigenvalue weighted by molar-refractivity contribution is -0.905. The summed E-state index contributed by atoms with van der Waals surface area (Å²) in [5.41, 5.74) is 1.36. The predicted octanol–water partition coefficient (Wildman–Crippen LogP) is 1.63. The van der Waals surface area contributed by atoms with Crippen molar-refractivity contribution >= 4 is 21.8 Å². The Hall–Kier alpha value is -2.28. The molecule has 0 saturated heterocycles. The maximum absolute atomic E-state index is 12.1. The molecule has 1 aliphatic heterocycles. The van der Waals surface area contributed by atoms with Crippen LogP contribution in [0.1, 0.15) is 15.9 Å². The third-order valence-corrected chi connectivity index (χ3v) is 3.66. The van der Waals surface area contributed by atoms with Crippen molar-refractivity contribution in [1.29, 1.82) is 0 Å². The van der Waals surface area contributed by atoms with Crippen LogP contribution in [0.15, 0.2) is 41.1 Å². The molecule has 1 aromatic heterocycles. The summed E-state index contributed by atoms with van der Waals surface area (Å²) in [7, 11) is 0. The highest BCUT2D eigenvalue weighted by atomic mass is 79.9. The molecule has 1 amide bonds. The number of nitrogens with one attached hydrogen (secondary N) is 1. The quantitative estimate of drug-likeness (QED) is 0.651. The molecule has 0 fully saturated rings. The van der Waals surface area contributed by atoms with Crippen LogP contribution in [0.2, 0.25) is 0 Å². The number of amides is 1. The Kier molecular flexibility index (Phi) is 3.66. The standard InChI is InChI=1S/C14H11BrN2O4/c15-11-7-17(19)4-3-10(11)14(18)16-6-9-1-2-12-13(5-9)21-8-20-12/h1-5,7H,6,8H2,(H-,16,18,19)/p+1. The van der Waals surface area contributed by atoms with E-state index in [9.17, 15) is 10.0 Å². The Labute approximate surface area is 129 Å². The molecular formula is C14H12BrN2O4+. The molecular weight excluding hydrogens is 340 g/mol. The fourth-order valence-electron chi connectivity index (χ4n) is 1.97. The van der Waals surface area contributed by atoms with E-state index >= 15 is 0 Å². The van der Waals surface area contributed by atoms with E-state index in [0.717, 1.165) is 10.3 Å². The lowest BCUT2D eigenvalue weighted by Crippen LogP contribution is -2.31. The molecule has 1 aromatic carbocycles. The number of fused-ring (bicyclic) bond motifs is 1. The molecule has 2 aromatic rings. The topological polar surface area (TPSA) is 71.7 Å². The van der Waals surface area contributed by atoms with Gasteiger partial charge < -0.3 is 14.8 Å². The molecule has 108 valence electrons. The van der Waals surface area contributed by atoms with Crippen LogP contribution in [-0.2, 0) is 6.54 Å². The van der Waals surface area contributed by atoms with E-state index in [4.69, 9.17) is 9.47 Å². The molecule has 0 spiro atoms. The van der Waals surface area contributed by atoms with Gasteiger partial charge in [-0.05, 0) is 33.6 Å². The van der Waals surface area contributed by atoms with Crippen LogP contribution in [0.5, 0.6) is 11.5 Å². The molecule has 1 aliphatic rings. The van der Waals surface area contributed by atoms with Gasteiger partial charge in [0.1, 0.15) is 0 Å². The van der Waals surface area contributed by atoms with E-state index in [-0.39, 0.29) is 12.7 Å². The van der Waals surface area contributed by atoms with Crippen molar-refractivity contribution in [2.75, 3.05) is 6.79 Å². The zero-order valence-corrected chi connectivity index (χ0v) is 12.5. The number of halogens is 1. The number of aromatic nitrogens is 1. The predicted molar refractivity (Wildman–Crippen MR) is 75.3 cm³/mol. The second kappa shape index (κ2) is 5.61. The first kappa shape index (κ1) is 13.7. The Balaban J connectivity index is 1.68.